The highest BCUT2D eigenvalue weighted by atomic mass is 19.3. The third kappa shape index (κ3) is 6.40. The number of rotatable bonds is 9. The molecule has 1 aromatic heterocycles. The highest BCUT2D eigenvalue weighted by molar-refractivity contribution is 5.96. The van der Waals surface area contributed by atoms with Crippen molar-refractivity contribution in [2.24, 2.45) is 0 Å². The van der Waals surface area contributed by atoms with Crippen LogP contribution in [-0.4, -0.2) is 47.0 Å². The third-order valence-electron chi connectivity index (χ3n) is 2.94. The van der Waals surface area contributed by atoms with Crippen LogP contribution in [0, 0.1) is 0 Å². The number of hydrogen-bond donors (Lipinski definition) is 2. The zero-order chi connectivity index (χ0) is 19.0. The van der Waals surface area contributed by atoms with Gasteiger partial charge < -0.3 is 15.2 Å². The zero-order valence-corrected chi connectivity index (χ0v) is 13.1. The number of carboxylic acid groups (broad SMARTS) is 1. The van der Waals surface area contributed by atoms with Gasteiger partial charge in [0, 0.05) is 12.3 Å². The molecule has 1 amide bonds. The quantitative estimate of drug-likeness (QED) is 0.519. The number of pyridine rings is 1. The number of carbonyl (C=O) groups excluding carboxylic acids is 1. The maximum Gasteiger partial charge on any atom is 0.340 e. The summed E-state index contributed by atoms with van der Waals surface area (Å²) in [5.41, 5.74) is -0.0419. The molecular formula is C15H16F4N2O4. The minimum atomic E-state index is -4.32. The summed E-state index contributed by atoms with van der Waals surface area (Å²) in [5, 5.41) is 11.3. The lowest BCUT2D eigenvalue weighted by molar-refractivity contribution is -0.148. The van der Waals surface area contributed by atoms with Gasteiger partial charge in [-0.2, -0.15) is 8.78 Å². The third-order valence-corrected chi connectivity index (χ3v) is 2.94. The normalized spacial score (nSPS) is 13.0. The first-order valence-electron chi connectivity index (χ1n) is 7.07. The number of aromatic nitrogens is 1. The first-order valence-corrected chi connectivity index (χ1v) is 7.07. The predicted octanol–water partition coefficient (Wildman–Crippen LogP) is 2.51. The number of nitrogens with zero attached hydrogens (tertiary/aromatic N) is 1. The average molecular weight is 364 g/mol. The molecule has 0 spiro atoms. The molecule has 0 saturated carbocycles. The second-order valence-corrected chi connectivity index (χ2v) is 4.90. The molecule has 138 valence electrons. The number of nitrogens with one attached hydrogen (secondary N) is 1. The molecule has 0 radical (unpaired) electrons. The molecule has 0 aromatic carbocycles. The van der Waals surface area contributed by atoms with Crippen LogP contribution in [-0.2, 0) is 4.79 Å². The standard InChI is InChI=1S/C15H16F4N2O4/c1-2-3-4-10(13(23)24)21-12(22)9-5-6-11(20-7-9)25-8-15(18,19)14(16)17/h2-3,5-7,10,14H,4,8H2,1H3,(H,21,22)(H,23,24)/b3-2+. The summed E-state index contributed by atoms with van der Waals surface area (Å²) in [6.07, 6.45) is 0.361. The number of hydrogen-bond acceptors (Lipinski definition) is 4. The topological polar surface area (TPSA) is 88.5 Å². The Labute approximate surface area is 140 Å². The molecule has 1 aromatic rings. The molecule has 0 bridgehead atoms. The van der Waals surface area contributed by atoms with Crippen molar-refractivity contribution >= 4 is 11.9 Å². The lowest BCUT2D eigenvalue weighted by Gasteiger charge is -2.15. The van der Waals surface area contributed by atoms with Gasteiger partial charge >= 0.3 is 18.3 Å². The number of allylic oxidation sites excluding steroid dienone is 1. The zero-order valence-electron chi connectivity index (χ0n) is 13.1. The Kier molecular flexibility index (Phi) is 7.34. The maximum atomic E-state index is 12.7. The molecule has 0 aliphatic rings. The molecular weight excluding hydrogens is 348 g/mol. The number of ether oxygens (including phenoxy) is 1. The van der Waals surface area contributed by atoms with E-state index in [1.165, 1.54) is 0 Å². The Hall–Kier alpha value is -2.65. The van der Waals surface area contributed by atoms with E-state index in [9.17, 15) is 27.2 Å². The Morgan fingerprint density at radius 3 is 2.56 bits per heavy atom. The van der Waals surface area contributed by atoms with Gasteiger partial charge in [0.15, 0.2) is 6.61 Å². The first-order chi connectivity index (χ1) is 11.7. The smallest absolute Gasteiger partial charge is 0.340 e. The molecule has 0 saturated heterocycles. The number of alkyl halides is 4. The van der Waals surface area contributed by atoms with Crippen molar-refractivity contribution in [3.05, 3.63) is 36.0 Å². The van der Waals surface area contributed by atoms with E-state index < -0.39 is 36.9 Å². The minimum absolute atomic E-state index is 0.0419. The fourth-order valence-corrected chi connectivity index (χ4v) is 1.57. The molecule has 2 N–H and O–H groups in total. The molecule has 0 aliphatic heterocycles. The molecule has 1 heterocycles. The number of carboxylic acids is 1. The summed E-state index contributed by atoms with van der Waals surface area (Å²) in [5.74, 6) is -6.66. The molecule has 0 aliphatic carbocycles. The van der Waals surface area contributed by atoms with E-state index >= 15 is 0 Å². The van der Waals surface area contributed by atoms with E-state index in [2.05, 4.69) is 15.0 Å². The van der Waals surface area contributed by atoms with E-state index in [0.717, 1.165) is 18.3 Å². The van der Waals surface area contributed by atoms with Crippen molar-refractivity contribution in [2.45, 2.75) is 31.7 Å². The van der Waals surface area contributed by atoms with Crippen LogP contribution >= 0.6 is 0 Å². The molecule has 1 atom stereocenters. The minimum Gasteiger partial charge on any atom is -0.480 e. The van der Waals surface area contributed by atoms with Gasteiger partial charge in [0.1, 0.15) is 6.04 Å². The average Bonchev–Trinajstić information content (AvgIpc) is 2.56. The van der Waals surface area contributed by atoms with Gasteiger partial charge in [0.2, 0.25) is 5.88 Å². The van der Waals surface area contributed by atoms with E-state index in [1.807, 2.05) is 0 Å². The van der Waals surface area contributed by atoms with Crippen molar-refractivity contribution in [1.29, 1.82) is 0 Å². The second-order valence-electron chi connectivity index (χ2n) is 4.90. The van der Waals surface area contributed by atoms with Gasteiger partial charge in [-0.05, 0) is 19.4 Å². The predicted molar refractivity (Wildman–Crippen MR) is 79.0 cm³/mol. The van der Waals surface area contributed by atoms with Crippen LogP contribution in [0.15, 0.2) is 30.5 Å². The van der Waals surface area contributed by atoms with Gasteiger partial charge in [0.25, 0.3) is 5.91 Å². The molecule has 0 fully saturated rings. The number of halogens is 4. The molecule has 1 rings (SSSR count). The van der Waals surface area contributed by atoms with Crippen molar-refractivity contribution in [3.8, 4) is 5.88 Å². The van der Waals surface area contributed by atoms with Gasteiger partial charge in [0.05, 0.1) is 5.56 Å². The van der Waals surface area contributed by atoms with E-state index in [0.29, 0.717) is 0 Å². The largest absolute Gasteiger partial charge is 0.480 e. The molecule has 6 nitrogen and oxygen atoms in total. The lowest BCUT2D eigenvalue weighted by atomic mass is 10.1. The van der Waals surface area contributed by atoms with Crippen LogP contribution in [0.2, 0.25) is 0 Å². The second kappa shape index (κ2) is 9.00. The molecule has 10 heteroatoms. The SMILES string of the molecule is C/C=C/CC(NC(=O)c1ccc(OCC(F)(F)C(F)F)nc1)C(=O)O. The fraction of sp³-hybridized carbons (Fsp3) is 0.400. The summed E-state index contributed by atoms with van der Waals surface area (Å²) < 4.78 is 53.9. The summed E-state index contributed by atoms with van der Waals surface area (Å²) in [4.78, 5) is 26.5. The highest BCUT2D eigenvalue weighted by Crippen LogP contribution is 2.23. The Balaban J connectivity index is 2.68. The summed E-state index contributed by atoms with van der Waals surface area (Å²) >= 11 is 0. The van der Waals surface area contributed by atoms with Crippen molar-refractivity contribution in [3.63, 3.8) is 0 Å². The number of amides is 1. The fourth-order valence-electron chi connectivity index (χ4n) is 1.57. The Morgan fingerprint density at radius 1 is 1.40 bits per heavy atom. The van der Waals surface area contributed by atoms with E-state index in [1.54, 1.807) is 19.1 Å². The van der Waals surface area contributed by atoms with Gasteiger partial charge in [-0.25, -0.2) is 18.6 Å². The number of carbonyl (C=O) groups is 2. The molecule has 25 heavy (non-hydrogen) atoms. The maximum absolute atomic E-state index is 12.7. The Bertz CT molecular complexity index is 620. The van der Waals surface area contributed by atoms with Crippen molar-refractivity contribution < 1.29 is 37.0 Å². The lowest BCUT2D eigenvalue weighted by Crippen LogP contribution is -2.40. The molecule has 1 unspecified atom stereocenters. The summed E-state index contributed by atoms with van der Waals surface area (Å²) in [7, 11) is 0. The summed E-state index contributed by atoms with van der Waals surface area (Å²) in [6.45, 7) is 0.134. The highest BCUT2D eigenvalue weighted by Gasteiger charge is 2.41. The van der Waals surface area contributed by atoms with Gasteiger partial charge in [-0.1, -0.05) is 12.2 Å². The van der Waals surface area contributed by atoms with Gasteiger partial charge in [-0.15, -0.1) is 0 Å². The van der Waals surface area contributed by atoms with Crippen LogP contribution in [0.5, 0.6) is 5.88 Å². The van der Waals surface area contributed by atoms with Crippen LogP contribution in [0.3, 0.4) is 0 Å². The van der Waals surface area contributed by atoms with Crippen LogP contribution < -0.4 is 10.1 Å². The van der Waals surface area contributed by atoms with Gasteiger partial charge in [-0.3, -0.25) is 4.79 Å². The van der Waals surface area contributed by atoms with E-state index in [-0.39, 0.29) is 17.9 Å². The first kappa shape index (κ1) is 20.4. The van der Waals surface area contributed by atoms with Crippen LogP contribution in [0.4, 0.5) is 17.6 Å². The van der Waals surface area contributed by atoms with Crippen LogP contribution in [0.1, 0.15) is 23.7 Å². The Morgan fingerprint density at radius 2 is 2.08 bits per heavy atom. The van der Waals surface area contributed by atoms with Crippen LogP contribution in [0.25, 0.3) is 0 Å². The summed E-state index contributed by atoms with van der Waals surface area (Å²) in [6, 6.07) is 1.04. The monoisotopic (exact) mass is 364 g/mol. The number of aliphatic carboxylic acids is 1. The van der Waals surface area contributed by atoms with E-state index in [4.69, 9.17) is 5.11 Å². The van der Waals surface area contributed by atoms with Crippen molar-refractivity contribution in [1.82, 2.24) is 10.3 Å². The van der Waals surface area contributed by atoms with Crippen molar-refractivity contribution in [2.75, 3.05) is 6.61 Å².